The predicted molar refractivity (Wildman–Crippen MR) is 115 cm³/mol. The minimum Gasteiger partial charge on any atom is -0.355 e. The summed E-state index contributed by atoms with van der Waals surface area (Å²) in [4.78, 5) is 16.6. The van der Waals surface area contributed by atoms with Crippen LogP contribution in [-0.2, 0) is 24.8 Å². The summed E-state index contributed by atoms with van der Waals surface area (Å²) in [5, 5.41) is 2.73. The van der Waals surface area contributed by atoms with Gasteiger partial charge in [-0.3, -0.25) is 9.78 Å². The number of hydrogen-bond donors (Lipinski definition) is 2. The maximum absolute atomic E-state index is 12.6. The molecular weight excluding hydrogens is 440 g/mol. The van der Waals surface area contributed by atoms with Gasteiger partial charge in [0.1, 0.15) is 4.90 Å². The van der Waals surface area contributed by atoms with E-state index in [1.165, 1.54) is 34.9 Å². The Labute approximate surface area is 183 Å². The first-order valence-corrected chi connectivity index (χ1v) is 12.9. The summed E-state index contributed by atoms with van der Waals surface area (Å²) in [5.74, 6) is -0.512. The minimum absolute atomic E-state index is 0.0657. The van der Waals surface area contributed by atoms with Gasteiger partial charge >= 0.3 is 0 Å². The fraction of sp³-hybridized carbons (Fsp3) is 0.400. The Morgan fingerprint density at radius 2 is 1.71 bits per heavy atom. The molecule has 1 saturated heterocycles. The van der Waals surface area contributed by atoms with Crippen LogP contribution in [0.15, 0.2) is 58.6 Å². The Hall–Kier alpha value is -2.34. The van der Waals surface area contributed by atoms with Crippen molar-refractivity contribution in [3.63, 3.8) is 0 Å². The third kappa shape index (κ3) is 5.88. The van der Waals surface area contributed by atoms with E-state index in [0.717, 1.165) is 5.56 Å². The molecule has 0 unspecified atom stereocenters. The number of piperidine rings is 1. The highest BCUT2D eigenvalue weighted by Gasteiger charge is 2.32. The molecule has 0 atom stereocenters. The molecule has 1 aliphatic rings. The second-order valence-electron chi connectivity index (χ2n) is 7.37. The molecule has 9 nitrogen and oxygen atoms in total. The van der Waals surface area contributed by atoms with Crippen LogP contribution in [0.25, 0.3) is 0 Å². The number of hydrogen-bond acceptors (Lipinski definition) is 6. The van der Waals surface area contributed by atoms with Gasteiger partial charge in [0, 0.05) is 44.5 Å². The smallest absolute Gasteiger partial charge is 0.244 e. The molecule has 0 saturated carbocycles. The molecule has 1 fully saturated rings. The summed E-state index contributed by atoms with van der Waals surface area (Å²) in [5.41, 5.74) is 0.963. The van der Waals surface area contributed by atoms with E-state index in [1.807, 2.05) is 6.92 Å². The third-order valence-corrected chi connectivity index (χ3v) is 8.50. The van der Waals surface area contributed by atoms with Crippen LogP contribution in [0.1, 0.15) is 18.4 Å². The third-order valence-electron chi connectivity index (χ3n) is 5.14. The van der Waals surface area contributed by atoms with Crippen LogP contribution in [0.2, 0.25) is 0 Å². The van der Waals surface area contributed by atoms with E-state index in [4.69, 9.17) is 0 Å². The quantitative estimate of drug-likeness (QED) is 0.557. The van der Waals surface area contributed by atoms with Gasteiger partial charge in [-0.2, -0.15) is 4.31 Å². The fourth-order valence-electron chi connectivity index (χ4n) is 3.32. The molecule has 11 heteroatoms. The van der Waals surface area contributed by atoms with Crippen LogP contribution in [0.3, 0.4) is 0 Å². The monoisotopic (exact) mass is 466 g/mol. The Kier molecular flexibility index (Phi) is 7.42. The number of carbonyl (C=O) groups excluding carboxylic acids is 1. The summed E-state index contributed by atoms with van der Waals surface area (Å²) in [6, 6.07) is 9.57. The summed E-state index contributed by atoms with van der Waals surface area (Å²) in [6.07, 6.45) is 3.63. The number of sulfonamides is 2. The Balaban J connectivity index is 1.44. The number of aromatic nitrogens is 1. The number of aryl methyl sites for hydroxylation is 1. The molecule has 2 aromatic rings. The van der Waals surface area contributed by atoms with E-state index in [1.54, 1.807) is 18.2 Å². The van der Waals surface area contributed by atoms with Gasteiger partial charge in [0.2, 0.25) is 26.0 Å². The maximum atomic E-state index is 12.6. The summed E-state index contributed by atoms with van der Waals surface area (Å²) in [7, 11) is -7.24. The van der Waals surface area contributed by atoms with E-state index in [9.17, 15) is 21.6 Å². The van der Waals surface area contributed by atoms with Gasteiger partial charge in [0.25, 0.3) is 0 Å². The molecule has 0 radical (unpaired) electrons. The molecule has 0 aliphatic carbocycles. The molecule has 0 spiro atoms. The molecule has 1 aromatic carbocycles. The molecule has 168 valence electrons. The van der Waals surface area contributed by atoms with Crippen molar-refractivity contribution >= 4 is 26.0 Å². The van der Waals surface area contributed by atoms with Crippen molar-refractivity contribution in [2.45, 2.75) is 29.6 Å². The normalized spacial score (nSPS) is 16.2. The van der Waals surface area contributed by atoms with Crippen LogP contribution in [0, 0.1) is 12.8 Å². The van der Waals surface area contributed by atoms with Crippen molar-refractivity contribution in [2.24, 2.45) is 5.92 Å². The second kappa shape index (κ2) is 9.86. The largest absolute Gasteiger partial charge is 0.355 e. The lowest BCUT2D eigenvalue weighted by Crippen LogP contribution is -2.44. The van der Waals surface area contributed by atoms with E-state index in [-0.39, 0.29) is 47.8 Å². The first-order chi connectivity index (χ1) is 14.7. The highest BCUT2D eigenvalue weighted by molar-refractivity contribution is 7.89. The second-order valence-corrected chi connectivity index (χ2v) is 11.1. The Bertz CT molecular complexity index is 1100. The highest BCUT2D eigenvalue weighted by Crippen LogP contribution is 2.23. The summed E-state index contributed by atoms with van der Waals surface area (Å²) < 4.78 is 53.6. The molecule has 0 bridgehead atoms. The predicted octanol–water partition coefficient (Wildman–Crippen LogP) is 0.885. The lowest BCUT2D eigenvalue weighted by atomic mass is 9.97. The van der Waals surface area contributed by atoms with E-state index < -0.39 is 20.0 Å². The zero-order valence-corrected chi connectivity index (χ0v) is 18.8. The maximum Gasteiger partial charge on any atom is 0.244 e. The average Bonchev–Trinajstić information content (AvgIpc) is 2.77. The molecule has 1 aliphatic heterocycles. The van der Waals surface area contributed by atoms with Crippen molar-refractivity contribution in [3.8, 4) is 0 Å². The zero-order chi connectivity index (χ0) is 22.5. The van der Waals surface area contributed by atoms with Gasteiger partial charge in [0.15, 0.2) is 0 Å². The first-order valence-electron chi connectivity index (χ1n) is 9.94. The molecule has 2 N–H and O–H groups in total. The van der Waals surface area contributed by atoms with Gasteiger partial charge in [-0.15, -0.1) is 0 Å². The molecular formula is C20H26N4O5S2. The molecule has 1 amide bonds. The summed E-state index contributed by atoms with van der Waals surface area (Å²) >= 11 is 0. The molecule has 31 heavy (non-hydrogen) atoms. The number of nitrogens with one attached hydrogen (secondary N) is 2. The number of amides is 1. The SMILES string of the molecule is Cc1ccc(S(=O)(=O)NCCNC(=O)C2CCN(S(=O)(=O)c3cccnc3)CC2)cc1. The van der Waals surface area contributed by atoms with Gasteiger partial charge < -0.3 is 5.32 Å². The first kappa shape index (κ1) is 23.3. The van der Waals surface area contributed by atoms with Crippen molar-refractivity contribution in [2.75, 3.05) is 26.2 Å². The molecule has 3 rings (SSSR count). The fourth-order valence-corrected chi connectivity index (χ4v) is 5.79. The van der Waals surface area contributed by atoms with E-state index in [0.29, 0.717) is 12.8 Å². The van der Waals surface area contributed by atoms with E-state index in [2.05, 4.69) is 15.0 Å². The lowest BCUT2D eigenvalue weighted by molar-refractivity contribution is -0.126. The summed E-state index contributed by atoms with van der Waals surface area (Å²) in [6.45, 7) is 2.58. The number of benzene rings is 1. The van der Waals surface area contributed by atoms with E-state index >= 15 is 0 Å². The minimum atomic E-state index is -3.63. The lowest BCUT2D eigenvalue weighted by Gasteiger charge is -2.30. The van der Waals surface area contributed by atoms with Gasteiger partial charge in [0.05, 0.1) is 4.90 Å². The van der Waals surface area contributed by atoms with Crippen LogP contribution < -0.4 is 10.0 Å². The van der Waals surface area contributed by atoms with Crippen molar-refractivity contribution < 1.29 is 21.6 Å². The number of rotatable bonds is 8. The Morgan fingerprint density at radius 1 is 1.03 bits per heavy atom. The van der Waals surface area contributed by atoms with Crippen LogP contribution in [0.5, 0.6) is 0 Å². The molecule has 1 aromatic heterocycles. The van der Waals surface area contributed by atoms with Crippen molar-refractivity contribution in [1.29, 1.82) is 0 Å². The van der Waals surface area contributed by atoms with Gasteiger partial charge in [-0.25, -0.2) is 21.6 Å². The van der Waals surface area contributed by atoms with Gasteiger partial charge in [-0.05, 0) is 44.0 Å². The molecule has 2 heterocycles. The highest BCUT2D eigenvalue weighted by atomic mass is 32.2. The topological polar surface area (TPSA) is 126 Å². The van der Waals surface area contributed by atoms with Crippen LogP contribution in [0.4, 0.5) is 0 Å². The number of nitrogens with zero attached hydrogens (tertiary/aromatic N) is 2. The zero-order valence-electron chi connectivity index (χ0n) is 17.2. The van der Waals surface area contributed by atoms with Crippen molar-refractivity contribution in [1.82, 2.24) is 19.3 Å². The standard InChI is InChI=1S/C20H26N4O5S2/c1-16-4-6-18(7-5-16)30(26,27)23-12-11-22-20(25)17-8-13-24(14-9-17)31(28,29)19-3-2-10-21-15-19/h2-7,10,15,17,23H,8-9,11-14H2,1H3,(H,22,25). The average molecular weight is 467 g/mol. The van der Waals surface area contributed by atoms with Crippen LogP contribution >= 0.6 is 0 Å². The van der Waals surface area contributed by atoms with Gasteiger partial charge in [-0.1, -0.05) is 17.7 Å². The Morgan fingerprint density at radius 3 is 2.32 bits per heavy atom. The van der Waals surface area contributed by atoms with Crippen molar-refractivity contribution in [3.05, 3.63) is 54.4 Å². The number of pyridine rings is 1. The van der Waals surface area contributed by atoms with Crippen LogP contribution in [-0.4, -0.2) is 58.2 Å². The number of carbonyl (C=O) groups is 1.